The van der Waals surface area contributed by atoms with Crippen molar-refractivity contribution < 1.29 is 23.9 Å². The van der Waals surface area contributed by atoms with E-state index in [1.165, 1.54) is 16.7 Å². The number of carbonyl (C=O) groups excluding carboxylic acids is 2. The molecule has 4 aromatic rings. The molecular formula is C25H21N5O6. The minimum atomic E-state index is -0.996. The number of carboxylic acid groups (broad SMARTS) is 1. The van der Waals surface area contributed by atoms with Gasteiger partial charge in [-0.1, -0.05) is 12.1 Å². The quantitative estimate of drug-likeness (QED) is 0.373. The summed E-state index contributed by atoms with van der Waals surface area (Å²) in [6.45, 7) is 0.177. The summed E-state index contributed by atoms with van der Waals surface area (Å²) >= 11 is 0. The molecule has 0 unspecified atom stereocenters. The van der Waals surface area contributed by atoms with Crippen LogP contribution in [0.4, 0.5) is 0 Å². The fourth-order valence-electron chi connectivity index (χ4n) is 4.29. The summed E-state index contributed by atoms with van der Waals surface area (Å²) in [6, 6.07) is 11.0. The summed E-state index contributed by atoms with van der Waals surface area (Å²) < 4.78 is 6.49. The summed E-state index contributed by atoms with van der Waals surface area (Å²) in [6.07, 6.45) is 2.44. The Labute approximate surface area is 203 Å². The van der Waals surface area contributed by atoms with Gasteiger partial charge >= 0.3 is 11.7 Å². The summed E-state index contributed by atoms with van der Waals surface area (Å²) in [7, 11) is 1.60. The number of carbonyl (C=O) groups is 3. The van der Waals surface area contributed by atoms with Crippen LogP contribution in [-0.4, -0.2) is 37.4 Å². The maximum Gasteiger partial charge on any atom is 0.419 e. The van der Waals surface area contributed by atoms with Gasteiger partial charge in [0.2, 0.25) is 0 Å². The van der Waals surface area contributed by atoms with Crippen LogP contribution in [0, 0.1) is 0 Å². The number of rotatable bonds is 6. The molecule has 0 radical (unpaired) electrons. The van der Waals surface area contributed by atoms with Crippen molar-refractivity contribution in [3.8, 4) is 0 Å². The first kappa shape index (κ1) is 23.0. The smallest absolute Gasteiger partial charge is 0.419 e. The Bertz CT molecular complexity index is 1590. The van der Waals surface area contributed by atoms with Gasteiger partial charge in [0.1, 0.15) is 17.7 Å². The Morgan fingerprint density at radius 3 is 2.64 bits per heavy atom. The number of aromatic nitrogens is 3. The predicted molar refractivity (Wildman–Crippen MR) is 127 cm³/mol. The number of fused-ring (bicyclic) bond motifs is 2. The molecule has 2 amide bonds. The van der Waals surface area contributed by atoms with Gasteiger partial charge in [0, 0.05) is 19.7 Å². The lowest BCUT2D eigenvalue weighted by Crippen LogP contribution is -2.29. The zero-order valence-electron chi connectivity index (χ0n) is 19.1. The van der Waals surface area contributed by atoms with Crippen molar-refractivity contribution >= 4 is 28.9 Å². The van der Waals surface area contributed by atoms with E-state index in [4.69, 9.17) is 4.42 Å². The number of hydrogen-bond donors (Lipinski definition) is 3. The van der Waals surface area contributed by atoms with Crippen LogP contribution >= 0.6 is 0 Å². The standard InChI is InChI=1S/C25H21N5O6/c1-30-20-8-13(2-7-21(20)36-25(30)35)11-26-22(31)18-10-19(28-12-27-18)23(32)29-17-6-4-14-9-15(24(33)34)3-5-16(14)17/h2-3,5,7-10,12,17H,4,6,11H2,1H3,(H,26,31)(H,29,32)(H,33,34)/t17-/m0/s1. The predicted octanol–water partition coefficient (Wildman–Crippen LogP) is 1.97. The third-order valence-electron chi connectivity index (χ3n) is 6.21. The van der Waals surface area contributed by atoms with Crippen molar-refractivity contribution in [2.24, 2.45) is 7.05 Å². The molecule has 182 valence electrons. The molecule has 0 aliphatic heterocycles. The zero-order chi connectivity index (χ0) is 25.4. The number of oxazole rings is 1. The fourth-order valence-corrected chi connectivity index (χ4v) is 4.29. The second-order valence-corrected chi connectivity index (χ2v) is 8.48. The molecule has 2 aromatic heterocycles. The number of amides is 2. The molecule has 2 aromatic carbocycles. The molecule has 0 bridgehead atoms. The van der Waals surface area contributed by atoms with Crippen molar-refractivity contribution in [1.29, 1.82) is 0 Å². The highest BCUT2D eigenvalue weighted by atomic mass is 16.4. The SMILES string of the molecule is Cn1c(=O)oc2ccc(CNC(=O)c3cc(C(=O)N[C@H]4CCc5cc(C(=O)O)ccc54)ncn3)cc21. The number of nitrogens with zero attached hydrogens (tertiary/aromatic N) is 3. The van der Waals surface area contributed by atoms with Gasteiger partial charge in [-0.15, -0.1) is 0 Å². The van der Waals surface area contributed by atoms with Gasteiger partial charge in [-0.05, 0) is 53.8 Å². The molecule has 0 spiro atoms. The van der Waals surface area contributed by atoms with E-state index in [2.05, 4.69) is 20.6 Å². The molecule has 11 heteroatoms. The molecule has 0 fully saturated rings. The van der Waals surface area contributed by atoms with E-state index < -0.39 is 23.5 Å². The molecular weight excluding hydrogens is 466 g/mol. The topological polar surface area (TPSA) is 156 Å². The average Bonchev–Trinajstić information content (AvgIpc) is 3.41. The van der Waals surface area contributed by atoms with Crippen molar-refractivity contribution in [3.05, 3.63) is 93.0 Å². The van der Waals surface area contributed by atoms with E-state index >= 15 is 0 Å². The Balaban J connectivity index is 1.25. The average molecular weight is 487 g/mol. The van der Waals surface area contributed by atoms with E-state index in [1.807, 2.05) is 0 Å². The Kier molecular flexibility index (Phi) is 5.80. The largest absolute Gasteiger partial charge is 0.478 e. The molecule has 1 aliphatic carbocycles. The van der Waals surface area contributed by atoms with Crippen LogP contribution in [0.25, 0.3) is 11.1 Å². The molecule has 3 N–H and O–H groups in total. The maximum absolute atomic E-state index is 12.8. The second-order valence-electron chi connectivity index (χ2n) is 8.48. The third-order valence-corrected chi connectivity index (χ3v) is 6.21. The van der Waals surface area contributed by atoms with Gasteiger partial charge in [-0.25, -0.2) is 19.6 Å². The van der Waals surface area contributed by atoms with Crippen LogP contribution in [0.1, 0.15) is 60.5 Å². The molecule has 2 heterocycles. The second kappa shape index (κ2) is 9.10. The van der Waals surface area contributed by atoms with Gasteiger partial charge in [-0.3, -0.25) is 14.2 Å². The highest BCUT2D eigenvalue weighted by molar-refractivity contribution is 5.97. The zero-order valence-corrected chi connectivity index (χ0v) is 19.1. The Morgan fingerprint density at radius 2 is 1.86 bits per heavy atom. The molecule has 0 saturated carbocycles. The van der Waals surface area contributed by atoms with Crippen LogP contribution in [0.3, 0.4) is 0 Å². The summed E-state index contributed by atoms with van der Waals surface area (Å²) in [5, 5.41) is 14.8. The number of hydrogen-bond acceptors (Lipinski definition) is 7. The van der Waals surface area contributed by atoms with Crippen LogP contribution in [-0.2, 0) is 20.0 Å². The molecule has 1 atom stereocenters. The number of carboxylic acids is 1. The summed E-state index contributed by atoms with van der Waals surface area (Å²) in [5.74, 6) is -2.41. The minimum absolute atomic E-state index is 0.0323. The van der Waals surface area contributed by atoms with Crippen LogP contribution in [0.2, 0.25) is 0 Å². The highest BCUT2D eigenvalue weighted by Crippen LogP contribution is 2.32. The van der Waals surface area contributed by atoms with Gasteiger partial charge in [-0.2, -0.15) is 0 Å². The lowest BCUT2D eigenvalue weighted by Gasteiger charge is -2.14. The first-order valence-electron chi connectivity index (χ1n) is 11.2. The van der Waals surface area contributed by atoms with Gasteiger partial charge in [0.15, 0.2) is 5.58 Å². The van der Waals surface area contributed by atoms with Crippen molar-refractivity contribution in [2.75, 3.05) is 0 Å². The fraction of sp³-hybridized carbons (Fsp3) is 0.200. The molecule has 36 heavy (non-hydrogen) atoms. The highest BCUT2D eigenvalue weighted by Gasteiger charge is 2.26. The molecule has 0 saturated heterocycles. The monoisotopic (exact) mass is 487 g/mol. The van der Waals surface area contributed by atoms with Gasteiger partial charge in [0.25, 0.3) is 11.8 Å². The first-order chi connectivity index (χ1) is 17.3. The van der Waals surface area contributed by atoms with E-state index in [9.17, 15) is 24.3 Å². The molecule has 1 aliphatic rings. The normalized spacial score (nSPS) is 14.4. The van der Waals surface area contributed by atoms with Crippen molar-refractivity contribution in [2.45, 2.75) is 25.4 Å². The third kappa shape index (κ3) is 4.33. The van der Waals surface area contributed by atoms with Crippen molar-refractivity contribution in [1.82, 2.24) is 25.2 Å². The number of aryl methyl sites for hydroxylation is 2. The minimum Gasteiger partial charge on any atom is -0.478 e. The van der Waals surface area contributed by atoms with E-state index in [0.29, 0.717) is 23.9 Å². The summed E-state index contributed by atoms with van der Waals surface area (Å²) in [4.78, 5) is 56.3. The van der Waals surface area contributed by atoms with Crippen LogP contribution in [0.5, 0.6) is 0 Å². The Morgan fingerprint density at radius 1 is 1.08 bits per heavy atom. The molecule has 5 rings (SSSR count). The van der Waals surface area contributed by atoms with Crippen molar-refractivity contribution in [3.63, 3.8) is 0 Å². The Hall–Kier alpha value is -4.80. The van der Waals surface area contributed by atoms with Gasteiger partial charge < -0.3 is 20.2 Å². The van der Waals surface area contributed by atoms with Crippen LogP contribution in [0.15, 0.2) is 58.0 Å². The van der Waals surface area contributed by atoms with E-state index in [0.717, 1.165) is 23.0 Å². The lowest BCUT2D eigenvalue weighted by atomic mass is 10.0. The lowest BCUT2D eigenvalue weighted by molar-refractivity contribution is 0.0696. The van der Waals surface area contributed by atoms with E-state index in [1.54, 1.807) is 37.4 Å². The number of benzene rings is 2. The molecule has 11 nitrogen and oxygen atoms in total. The maximum atomic E-state index is 12.8. The summed E-state index contributed by atoms with van der Waals surface area (Å²) in [5.41, 5.74) is 3.86. The number of nitrogens with one attached hydrogen (secondary N) is 2. The van der Waals surface area contributed by atoms with Gasteiger partial charge in [0.05, 0.1) is 17.1 Å². The number of aromatic carboxylic acids is 1. The van der Waals surface area contributed by atoms with E-state index in [-0.39, 0.29) is 29.5 Å². The van der Waals surface area contributed by atoms with Crippen LogP contribution < -0.4 is 16.4 Å². The first-order valence-corrected chi connectivity index (χ1v) is 11.2.